The number of benzene rings is 1. The summed E-state index contributed by atoms with van der Waals surface area (Å²) in [5, 5.41) is 13.9. The molecule has 1 aromatic carbocycles. The lowest BCUT2D eigenvalue weighted by atomic mass is 10.2. The van der Waals surface area contributed by atoms with Crippen molar-refractivity contribution < 1.29 is 9.72 Å². The fraction of sp³-hybridized carbons (Fsp3) is 0.0714. The SMILES string of the molecule is Cc1c(Cl)cccc1NC(=O)/C=C/c1ccc([N+](=O)[O-])s1. The number of anilines is 1. The molecule has 1 heterocycles. The smallest absolute Gasteiger partial charge is 0.322 e. The molecule has 0 bridgehead atoms. The van der Waals surface area contributed by atoms with Crippen LogP contribution < -0.4 is 5.32 Å². The van der Waals surface area contributed by atoms with Gasteiger partial charge in [0.25, 0.3) is 0 Å². The van der Waals surface area contributed by atoms with Crippen molar-refractivity contribution in [1.82, 2.24) is 0 Å². The molecule has 1 amide bonds. The Kier molecular flexibility index (Phi) is 4.72. The van der Waals surface area contributed by atoms with Gasteiger partial charge in [-0.05, 0) is 36.8 Å². The highest BCUT2D eigenvalue weighted by Crippen LogP contribution is 2.25. The zero-order valence-corrected chi connectivity index (χ0v) is 12.6. The molecule has 0 radical (unpaired) electrons. The molecule has 0 saturated heterocycles. The van der Waals surface area contributed by atoms with E-state index in [1.165, 1.54) is 18.2 Å². The Labute approximate surface area is 130 Å². The predicted molar refractivity (Wildman–Crippen MR) is 84.8 cm³/mol. The summed E-state index contributed by atoms with van der Waals surface area (Å²) in [6.45, 7) is 1.81. The Morgan fingerprint density at radius 3 is 2.81 bits per heavy atom. The van der Waals surface area contributed by atoms with Crippen LogP contribution in [-0.2, 0) is 4.79 Å². The number of carbonyl (C=O) groups is 1. The van der Waals surface area contributed by atoms with E-state index < -0.39 is 4.92 Å². The van der Waals surface area contributed by atoms with Crippen LogP contribution in [0.1, 0.15) is 10.4 Å². The second-order valence-electron chi connectivity index (χ2n) is 4.17. The number of amides is 1. The molecule has 2 rings (SSSR count). The van der Waals surface area contributed by atoms with Crippen molar-refractivity contribution in [1.29, 1.82) is 0 Å². The predicted octanol–water partition coefficient (Wildman–Crippen LogP) is 4.27. The van der Waals surface area contributed by atoms with Crippen molar-refractivity contribution in [2.45, 2.75) is 6.92 Å². The molecule has 0 aliphatic carbocycles. The summed E-state index contributed by atoms with van der Waals surface area (Å²) in [4.78, 5) is 22.6. The van der Waals surface area contributed by atoms with E-state index in [9.17, 15) is 14.9 Å². The number of nitrogens with zero attached hydrogens (tertiary/aromatic N) is 1. The molecular weight excluding hydrogens is 312 g/mol. The molecule has 0 fully saturated rings. The Hall–Kier alpha value is -2.18. The van der Waals surface area contributed by atoms with Gasteiger partial charge in [0.1, 0.15) is 0 Å². The van der Waals surface area contributed by atoms with Crippen molar-refractivity contribution in [3.8, 4) is 0 Å². The number of halogens is 1. The first-order valence-corrected chi connectivity index (χ1v) is 7.15. The van der Waals surface area contributed by atoms with Gasteiger partial charge in [-0.25, -0.2) is 0 Å². The van der Waals surface area contributed by atoms with E-state index in [-0.39, 0.29) is 10.9 Å². The largest absolute Gasteiger partial charge is 0.324 e. The second kappa shape index (κ2) is 6.51. The van der Waals surface area contributed by atoms with E-state index in [0.29, 0.717) is 15.6 Å². The maximum Gasteiger partial charge on any atom is 0.324 e. The number of hydrogen-bond acceptors (Lipinski definition) is 4. The molecule has 1 N–H and O–H groups in total. The summed E-state index contributed by atoms with van der Waals surface area (Å²) in [7, 11) is 0. The molecule has 0 atom stereocenters. The highest BCUT2D eigenvalue weighted by Gasteiger charge is 2.08. The zero-order valence-electron chi connectivity index (χ0n) is 11.0. The lowest BCUT2D eigenvalue weighted by Crippen LogP contribution is -2.08. The van der Waals surface area contributed by atoms with Gasteiger partial charge in [0, 0.05) is 27.7 Å². The first-order valence-electron chi connectivity index (χ1n) is 5.96. The third kappa shape index (κ3) is 3.90. The standard InChI is InChI=1S/C14H11ClN2O3S/c1-9-11(15)3-2-4-12(9)16-13(18)7-5-10-6-8-14(21-10)17(19)20/h2-8H,1H3,(H,16,18)/b7-5+. The summed E-state index contributed by atoms with van der Waals surface area (Å²) >= 11 is 6.98. The third-order valence-corrected chi connectivity index (χ3v) is 4.13. The van der Waals surface area contributed by atoms with E-state index in [0.717, 1.165) is 16.9 Å². The van der Waals surface area contributed by atoms with E-state index in [1.807, 2.05) is 6.92 Å². The van der Waals surface area contributed by atoms with Crippen molar-refractivity contribution in [3.63, 3.8) is 0 Å². The number of carbonyl (C=O) groups excluding carboxylic acids is 1. The maximum atomic E-state index is 11.8. The molecule has 0 unspecified atom stereocenters. The first kappa shape index (κ1) is 15.2. The number of nitro groups is 1. The molecule has 0 spiro atoms. The molecule has 2 aromatic rings. The van der Waals surface area contributed by atoms with Gasteiger partial charge in [-0.3, -0.25) is 14.9 Å². The number of nitrogens with one attached hydrogen (secondary N) is 1. The summed E-state index contributed by atoms with van der Waals surface area (Å²) in [5.41, 5.74) is 1.42. The van der Waals surface area contributed by atoms with Gasteiger partial charge in [0.15, 0.2) is 0 Å². The molecule has 108 valence electrons. The zero-order chi connectivity index (χ0) is 15.4. The van der Waals surface area contributed by atoms with Crippen molar-refractivity contribution in [3.05, 3.63) is 62.0 Å². The quantitative estimate of drug-likeness (QED) is 0.519. The van der Waals surface area contributed by atoms with Gasteiger partial charge in [-0.15, -0.1) is 0 Å². The van der Waals surface area contributed by atoms with Gasteiger partial charge in [0.05, 0.1) is 4.92 Å². The van der Waals surface area contributed by atoms with Crippen LogP contribution in [0.25, 0.3) is 6.08 Å². The first-order chi connectivity index (χ1) is 9.97. The van der Waals surface area contributed by atoms with Crippen LogP contribution >= 0.6 is 22.9 Å². The highest BCUT2D eigenvalue weighted by atomic mass is 35.5. The average Bonchev–Trinajstić information content (AvgIpc) is 2.91. The molecular formula is C14H11ClN2O3S. The molecule has 0 saturated carbocycles. The van der Waals surface area contributed by atoms with Crippen LogP contribution in [0, 0.1) is 17.0 Å². The van der Waals surface area contributed by atoms with E-state index in [4.69, 9.17) is 11.6 Å². The Bertz CT molecular complexity index is 725. The van der Waals surface area contributed by atoms with Crippen molar-refractivity contribution in [2.24, 2.45) is 0 Å². The fourth-order valence-electron chi connectivity index (χ4n) is 1.61. The molecule has 21 heavy (non-hydrogen) atoms. The minimum atomic E-state index is -0.461. The number of rotatable bonds is 4. The van der Waals surface area contributed by atoms with Gasteiger partial charge in [-0.1, -0.05) is 29.0 Å². The average molecular weight is 323 g/mol. The lowest BCUT2D eigenvalue weighted by molar-refractivity contribution is -0.380. The number of hydrogen-bond donors (Lipinski definition) is 1. The topological polar surface area (TPSA) is 72.2 Å². The van der Waals surface area contributed by atoms with E-state index >= 15 is 0 Å². The van der Waals surface area contributed by atoms with Crippen LogP contribution in [0.15, 0.2) is 36.4 Å². The molecule has 7 heteroatoms. The van der Waals surface area contributed by atoms with Gasteiger partial charge >= 0.3 is 5.00 Å². The Balaban J connectivity index is 2.05. The van der Waals surface area contributed by atoms with Crippen LogP contribution in [0.3, 0.4) is 0 Å². The van der Waals surface area contributed by atoms with Crippen LogP contribution in [0.2, 0.25) is 5.02 Å². The molecule has 0 aliphatic rings. The normalized spacial score (nSPS) is 10.8. The van der Waals surface area contributed by atoms with Gasteiger partial charge in [-0.2, -0.15) is 0 Å². The Morgan fingerprint density at radius 2 is 2.14 bits per heavy atom. The summed E-state index contributed by atoms with van der Waals surface area (Å²) in [6, 6.07) is 8.24. The number of thiophene rings is 1. The molecule has 0 aliphatic heterocycles. The van der Waals surface area contributed by atoms with Gasteiger partial charge < -0.3 is 5.32 Å². The molecule has 1 aromatic heterocycles. The van der Waals surface area contributed by atoms with Crippen LogP contribution in [0.4, 0.5) is 10.7 Å². The summed E-state index contributed by atoms with van der Waals surface area (Å²) < 4.78 is 0. The van der Waals surface area contributed by atoms with E-state index in [1.54, 1.807) is 24.3 Å². The van der Waals surface area contributed by atoms with E-state index in [2.05, 4.69) is 5.32 Å². The summed E-state index contributed by atoms with van der Waals surface area (Å²) in [6.07, 6.45) is 2.86. The third-order valence-electron chi connectivity index (χ3n) is 2.72. The summed E-state index contributed by atoms with van der Waals surface area (Å²) in [5.74, 6) is -0.323. The second-order valence-corrected chi connectivity index (χ2v) is 5.67. The maximum absolute atomic E-state index is 11.8. The minimum Gasteiger partial charge on any atom is -0.322 e. The highest BCUT2D eigenvalue weighted by molar-refractivity contribution is 7.16. The van der Waals surface area contributed by atoms with Crippen molar-refractivity contribution in [2.75, 3.05) is 5.32 Å². The lowest BCUT2D eigenvalue weighted by Gasteiger charge is -2.07. The minimum absolute atomic E-state index is 0.0424. The van der Waals surface area contributed by atoms with Crippen molar-refractivity contribution >= 4 is 45.6 Å². The van der Waals surface area contributed by atoms with Crippen LogP contribution in [0.5, 0.6) is 0 Å². The van der Waals surface area contributed by atoms with Crippen LogP contribution in [-0.4, -0.2) is 10.8 Å². The van der Waals surface area contributed by atoms with Gasteiger partial charge in [0.2, 0.25) is 5.91 Å². The molecule has 5 nitrogen and oxygen atoms in total. The monoisotopic (exact) mass is 322 g/mol. The fourth-order valence-corrected chi connectivity index (χ4v) is 2.50. The Morgan fingerprint density at radius 1 is 1.38 bits per heavy atom.